The van der Waals surface area contributed by atoms with Crippen molar-refractivity contribution in [2.75, 3.05) is 6.61 Å². The van der Waals surface area contributed by atoms with Crippen molar-refractivity contribution in [2.45, 2.75) is 26.7 Å². The monoisotopic (exact) mass is 159 g/mol. The molecule has 0 aromatic rings. The summed E-state index contributed by atoms with van der Waals surface area (Å²) in [5.41, 5.74) is 0.0920. The lowest BCUT2D eigenvalue weighted by Crippen LogP contribution is -2.17. The Bertz CT molecular complexity index is 154. The van der Waals surface area contributed by atoms with Crippen LogP contribution in [0, 0.1) is 0 Å². The van der Waals surface area contributed by atoms with E-state index in [-0.39, 0.29) is 5.71 Å². The summed E-state index contributed by atoms with van der Waals surface area (Å²) in [5, 5.41) is 11.2. The molecule has 0 amide bonds. The molecule has 0 aromatic heterocycles. The Labute approximate surface area is 65.8 Å². The van der Waals surface area contributed by atoms with Crippen LogP contribution >= 0.6 is 0 Å². The van der Waals surface area contributed by atoms with Gasteiger partial charge in [-0.25, -0.2) is 4.79 Å². The first kappa shape index (κ1) is 9.94. The Hall–Kier alpha value is -1.06. The van der Waals surface area contributed by atoms with Crippen LogP contribution in [0.1, 0.15) is 26.7 Å². The Kier molecular flexibility index (Phi) is 5.15. The van der Waals surface area contributed by atoms with Crippen molar-refractivity contribution in [3.05, 3.63) is 0 Å². The van der Waals surface area contributed by atoms with Gasteiger partial charge in [0.2, 0.25) is 0 Å². The van der Waals surface area contributed by atoms with E-state index in [1.54, 1.807) is 6.92 Å². The average molecular weight is 159 g/mol. The van der Waals surface area contributed by atoms with Gasteiger partial charge in [-0.05, 0) is 6.92 Å². The predicted octanol–water partition coefficient (Wildman–Crippen LogP) is 1.18. The topological polar surface area (TPSA) is 58.9 Å². The lowest BCUT2D eigenvalue weighted by atomic mass is 10.2. The van der Waals surface area contributed by atoms with Crippen LogP contribution in [-0.2, 0) is 9.53 Å². The number of rotatable bonds is 4. The largest absolute Gasteiger partial charge is 0.461 e. The van der Waals surface area contributed by atoms with E-state index in [2.05, 4.69) is 9.89 Å². The second kappa shape index (κ2) is 5.70. The number of oxime groups is 1. The fourth-order valence-corrected chi connectivity index (χ4v) is 0.644. The van der Waals surface area contributed by atoms with E-state index >= 15 is 0 Å². The van der Waals surface area contributed by atoms with Crippen molar-refractivity contribution in [3.8, 4) is 0 Å². The summed E-state index contributed by atoms with van der Waals surface area (Å²) in [7, 11) is 0. The molecule has 0 atom stereocenters. The molecule has 0 heterocycles. The lowest BCUT2D eigenvalue weighted by Gasteiger charge is -2.00. The summed E-state index contributed by atoms with van der Waals surface area (Å²) >= 11 is 0. The molecule has 11 heavy (non-hydrogen) atoms. The maximum absolute atomic E-state index is 10.9. The van der Waals surface area contributed by atoms with E-state index in [0.717, 1.165) is 6.42 Å². The predicted molar refractivity (Wildman–Crippen MR) is 40.8 cm³/mol. The van der Waals surface area contributed by atoms with Gasteiger partial charge in [0.05, 0.1) is 6.61 Å². The molecule has 0 radical (unpaired) electrons. The number of ether oxygens (including phenoxy) is 1. The summed E-state index contributed by atoms with van der Waals surface area (Å²) in [6, 6.07) is 0. The Morgan fingerprint density at radius 2 is 2.18 bits per heavy atom. The van der Waals surface area contributed by atoms with Gasteiger partial charge in [0.1, 0.15) is 0 Å². The molecule has 0 aliphatic rings. The molecule has 0 rings (SSSR count). The van der Waals surface area contributed by atoms with E-state index in [4.69, 9.17) is 5.21 Å². The summed E-state index contributed by atoms with van der Waals surface area (Å²) in [4.78, 5) is 10.9. The van der Waals surface area contributed by atoms with Crippen LogP contribution in [0.5, 0.6) is 0 Å². The quantitative estimate of drug-likeness (QED) is 0.290. The second-order valence-electron chi connectivity index (χ2n) is 2.02. The number of hydrogen-bond acceptors (Lipinski definition) is 4. The van der Waals surface area contributed by atoms with Gasteiger partial charge in [-0.15, -0.1) is 0 Å². The molecule has 0 unspecified atom stereocenters. The number of esters is 1. The third-order valence-electron chi connectivity index (χ3n) is 1.12. The van der Waals surface area contributed by atoms with E-state index in [0.29, 0.717) is 13.0 Å². The van der Waals surface area contributed by atoms with Crippen LogP contribution in [-0.4, -0.2) is 23.5 Å². The van der Waals surface area contributed by atoms with E-state index < -0.39 is 5.97 Å². The zero-order chi connectivity index (χ0) is 8.69. The van der Waals surface area contributed by atoms with Crippen LogP contribution < -0.4 is 0 Å². The average Bonchev–Trinajstić information content (AvgIpc) is 2.00. The van der Waals surface area contributed by atoms with Gasteiger partial charge in [0.25, 0.3) is 0 Å². The molecule has 64 valence electrons. The molecule has 0 aromatic carbocycles. The van der Waals surface area contributed by atoms with Gasteiger partial charge in [-0.3, -0.25) is 0 Å². The van der Waals surface area contributed by atoms with Crippen molar-refractivity contribution in [1.29, 1.82) is 0 Å². The van der Waals surface area contributed by atoms with E-state index in [9.17, 15) is 4.79 Å². The van der Waals surface area contributed by atoms with E-state index in [1.165, 1.54) is 0 Å². The smallest absolute Gasteiger partial charge is 0.356 e. The van der Waals surface area contributed by atoms with Gasteiger partial charge >= 0.3 is 5.97 Å². The molecule has 0 spiro atoms. The van der Waals surface area contributed by atoms with Crippen molar-refractivity contribution in [3.63, 3.8) is 0 Å². The molecule has 0 saturated carbocycles. The maximum atomic E-state index is 10.9. The first-order valence-corrected chi connectivity index (χ1v) is 3.64. The zero-order valence-electron chi connectivity index (χ0n) is 6.83. The highest BCUT2D eigenvalue weighted by Crippen LogP contribution is 1.94. The Morgan fingerprint density at radius 3 is 2.55 bits per heavy atom. The van der Waals surface area contributed by atoms with Gasteiger partial charge in [0.15, 0.2) is 5.71 Å². The van der Waals surface area contributed by atoms with Crippen molar-refractivity contribution >= 4 is 11.7 Å². The summed E-state index contributed by atoms with van der Waals surface area (Å²) in [6.07, 6.45) is 1.22. The van der Waals surface area contributed by atoms with Crippen LogP contribution in [0.25, 0.3) is 0 Å². The summed E-state index contributed by atoms with van der Waals surface area (Å²) in [6.45, 7) is 3.91. The first-order chi connectivity index (χ1) is 5.26. The number of carbonyl (C=O) groups excluding carboxylic acids is 1. The molecular weight excluding hydrogens is 146 g/mol. The lowest BCUT2D eigenvalue weighted by molar-refractivity contribution is -0.135. The van der Waals surface area contributed by atoms with Crippen LogP contribution in [0.2, 0.25) is 0 Å². The third-order valence-corrected chi connectivity index (χ3v) is 1.12. The third kappa shape index (κ3) is 3.60. The summed E-state index contributed by atoms with van der Waals surface area (Å²) < 4.78 is 4.62. The minimum atomic E-state index is -0.531. The standard InChI is InChI=1S/C7H13NO3/c1-3-5-6(8-10)7(9)11-4-2/h10H,3-5H2,1-2H3/b8-6-. The second-order valence-corrected chi connectivity index (χ2v) is 2.02. The Balaban J connectivity index is 3.94. The molecule has 0 bridgehead atoms. The van der Waals surface area contributed by atoms with E-state index in [1.807, 2.05) is 6.92 Å². The first-order valence-electron chi connectivity index (χ1n) is 3.64. The highest BCUT2D eigenvalue weighted by Gasteiger charge is 2.10. The van der Waals surface area contributed by atoms with Crippen LogP contribution in [0.15, 0.2) is 5.16 Å². The minimum Gasteiger partial charge on any atom is -0.461 e. The molecule has 4 nitrogen and oxygen atoms in total. The number of carbonyl (C=O) groups is 1. The molecule has 0 fully saturated rings. The minimum absolute atomic E-state index is 0.0920. The molecule has 0 aliphatic carbocycles. The highest BCUT2D eigenvalue weighted by molar-refractivity contribution is 6.36. The van der Waals surface area contributed by atoms with Gasteiger partial charge < -0.3 is 9.94 Å². The SMILES string of the molecule is CCC/C(=N/O)C(=O)OCC. The number of nitrogens with zero attached hydrogens (tertiary/aromatic N) is 1. The van der Waals surface area contributed by atoms with Crippen molar-refractivity contribution in [2.24, 2.45) is 5.16 Å². The molecule has 0 saturated heterocycles. The fraction of sp³-hybridized carbons (Fsp3) is 0.714. The number of hydrogen-bond donors (Lipinski definition) is 1. The Morgan fingerprint density at radius 1 is 1.55 bits per heavy atom. The maximum Gasteiger partial charge on any atom is 0.356 e. The fourth-order valence-electron chi connectivity index (χ4n) is 0.644. The van der Waals surface area contributed by atoms with Crippen molar-refractivity contribution in [1.82, 2.24) is 0 Å². The molecule has 1 N–H and O–H groups in total. The zero-order valence-corrected chi connectivity index (χ0v) is 6.83. The van der Waals surface area contributed by atoms with Gasteiger partial charge in [-0.2, -0.15) is 0 Å². The van der Waals surface area contributed by atoms with Crippen LogP contribution in [0.3, 0.4) is 0 Å². The normalized spacial score (nSPS) is 11.3. The van der Waals surface area contributed by atoms with Crippen molar-refractivity contribution < 1.29 is 14.7 Å². The molecule has 0 aliphatic heterocycles. The molecular formula is C7H13NO3. The van der Waals surface area contributed by atoms with Crippen LogP contribution in [0.4, 0.5) is 0 Å². The highest BCUT2D eigenvalue weighted by atomic mass is 16.5. The molecule has 4 heteroatoms. The summed E-state index contributed by atoms with van der Waals surface area (Å²) in [5.74, 6) is -0.531. The van der Waals surface area contributed by atoms with Gasteiger partial charge in [-0.1, -0.05) is 18.5 Å². The van der Waals surface area contributed by atoms with Gasteiger partial charge in [0, 0.05) is 6.42 Å².